The van der Waals surface area contributed by atoms with E-state index in [1.165, 1.54) is 11.3 Å². The monoisotopic (exact) mass is 302 g/mol. The first-order valence-electron chi connectivity index (χ1n) is 5.88. The van der Waals surface area contributed by atoms with Gasteiger partial charge in [-0.25, -0.2) is 0 Å². The molecule has 8 heteroatoms. The molecule has 2 heterocycles. The highest BCUT2D eigenvalue weighted by atomic mass is 32.1. The van der Waals surface area contributed by atoms with Gasteiger partial charge in [0.2, 0.25) is 11.7 Å². The van der Waals surface area contributed by atoms with Crippen molar-refractivity contribution in [3.63, 3.8) is 0 Å². The van der Waals surface area contributed by atoms with Crippen LogP contribution in [0.25, 0.3) is 10.7 Å². The van der Waals surface area contributed by atoms with Crippen LogP contribution in [0.3, 0.4) is 0 Å². The van der Waals surface area contributed by atoms with Crippen LogP contribution in [0.5, 0.6) is 0 Å². The number of thiophene rings is 1. The maximum Gasteiger partial charge on any atom is 0.341 e. The molecule has 0 saturated heterocycles. The molecule has 0 amide bonds. The van der Waals surface area contributed by atoms with Gasteiger partial charge in [0.25, 0.3) is 0 Å². The predicted molar refractivity (Wildman–Crippen MR) is 71.9 cm³/mol. The van der Waals surface area contributed by atoms with Gasteiger partial charge in [0, 0.05) is 0 Å². The molecule has 6 nitrogen and oxygen atoms in total. The van der Waals surface area contributed by atoms with Crippen molar-refractivity contribution in [2.45, 2.75) is 31.8 Å². The van der Waals surface area contributed by atoms with E-state index in [-0.39, 0.29) is 18.7 Å². The number of nitrogens with zero attached hydrogens (tertiary/aromatic N) is 2. The lowest BCUT2D eigenvalue weighted by Crippen LogP contribution is -2.25. The topological polar surface area (TPSA) is 96.5 Å². The van der Waals surface area contributed by atoms with Crippen LogP contribution >= 0.6 is 18.9 Å². The zero-order valence-corrected chi connectivity index (χ0v) is 12.3. The van der Waals surface area contributed by atoms with Crippen LogP contribution in [0, 0.1) is 0 Å². The lowest BCUT2D eigenvalue weighted by Gasteiger charge is -2.27. The third-order valence-corrected chi connectivity index (χ3v) is 6.10. The standard InChI is InChI=1S/C11H15N2O4PS/c1-3-11(4-2,18(14,15)16)10-12-9(13-17-10)8-6-5-7-19-8/h5-7H,3-4H2,1-2H3,(H2,14,15,16). The predicted octanol–water partition coefficient (Wildman–Crippen LogP) is 2.99. The van der Waals surface area contributed by atoms with E-state index in [9.17, 15) is 14.4 Å². The second-order valence-corrected chi connectivity index (χ2v) is 7.07. The van der Waals surface area contributed by atoms with E-state index in [2.05, 4.69) is 10.1 Å². The highest BCUT2D eigenvalue weighted by Crippen LogP contribution is 2.60. The fourth-order valence-electron chi connectivity index (χ4n) is 2.01. The first-order valence-corrected chi connectivity index (χ1v) is 8.37. The van der Waals surface area contributed by atoms with E-state index in [1.54, 1.807) is 13.8 Å². The van der Waals surface area contributed by atoms with Crippen molar-refractivity contribution in [2.24, 2.45) is 0 Å². The fraction of sp³-hybridized carbons (Fsp3) is 0.455. The number of rotatable bonds is 5. The molecule has 0 spiro atoms. The van der Waals surface area contributed by atoms with Crippen molar-refractivity contribution in [1.82, 2.24) is 10.1 Å². The quantitative estimate of drug-likeness (QED) is 0.824. The SMILES string of the molecule is CCC(CC)(c1nc(-c2cccs2)no1)P(=O)(O)O. The molecule has 0 radical (unpaired) electrons. The summed E-state index contributed by atoms with van der Waals surface area (Å²) < 4.78 is 16.9. The molecular weight excluding hydrogens is 287 g/mol. The van der Waals surface area contributed by atoms with Gasteiger partial charge in [-0.05, 0) is 24.3 Å². The molecule has 2 aromatic heterocycles. The normalized spacial score (nSPS) is 12.8. The van der Waals surface area contributed by atoms with Crippen molar-refractivity contribution in [2.75, 3.05) is 0 Å². The molecular formula is C11H15N2O4PS. The van der Waals surface area contributed by atoms with E-state index in [0.717, 1.165) is 4.88 Å². The molecule has 0 atom stereocenters. The Morgan fingerprint density at radius 3 is 2.58 bits per heavy atom. The number of hydrogen-bond donors (Lipinski definition) is 2. The number of aromatic nitrogens is 2. The summed E-state index contributed by atoms with van der Waals surface area (Å²) in [5.74, 6) is 0.374. The summed E-state index contributed by atoms with van der Waals surface area (Å²) in [6.45, 7) is 3.41. The van der Waals surface area contributed by atoms with E-state index in [0.29, 0.717) is 5.82 Å². The van der Waals surface area contributed by atoms with Crippen LogP contribution < -0.4 is 0 Å². The summed E-state index contributed by atoms with van der Waals surface area (Å²) in [5.41, 5.74) is 0. The Morgan fingerprint density at radius 2 is 2.11 bits per heavy atom. The highest BCUT2D eigenvalue weighted by Gasteiger charge is 2.50. The third-order valence-electron chi connectivity index (χ3n) is 3.29. The number of hydrogen-bond acceptors (Lipinski definition) is 5. The summed E-state index contributed by atoms with van der Waals surface area (Å²) in [5, 5.41) is 4.30. The lowest BCUT2D eigenvalue weighted by molar-refractivity contribution is 0.264. The smallest absolute Gasteiger partial charge is 0.338 e. The van der Waals surface area contributed by atoms with Gasteiger partial charge in [-0.3, -0.25) is 4.57 Å². The largest absolute Gasteiger partial charge is 0.341 e. The van der Waals surface area contributed by atoms with E-state index >= 15 is 0 Å². The molecule has 104 valence electrons. The van der Waals surface area contributed by atoms with E-state index in [4.69, 9.17) is 4.52 Å². The Kier molecular flexibility index (Phi) is 3.92. The van der Waals surface area contributed by atoms with Crippen LogP contribution in [0.15, 0.2) is 22.0 Å². The van der Waals surface area contributed by atoms with Crippen LogP contribution in [0.2, 0.25) is 0 Å². The van der Waals surface area contributed by atoms with E-state index in [1.807, 2.05) is 17.5 Å². The molecule has 19 heavy (non-hydrogen) atoms. The van der Waals surface area contributed by atoms with Crippen molar-refractivity contribution in [3.8, 4) is 10.7 Å². The summed E-state index contributed by atoms with van der Waals surface area (Å²) in [6.07, 6.45) is 0.472. The maximum absolute atomic E-state index is 11.8. The summed E-state index contributed by atoms with van der Waals surface area (Å²) >= 11 is 1.44. The average Bonchev–Trinajstić information content (AvgIpc) is 3.00. The van der Waals surface area contributed by atoms with Crippen LogP contribution in [0.1, 0.15) is 32.6 Å². The molecule has 0 aromatic carbocycles. The molecule has 0 unspecified atom stereocenters. The van der Waals surface area contributed by atoms with Gasteiger partial charge in [0.05, 0.1) is 4.88 Å². The summed E-state index contributed by atoms with van der Waals surface area (Å²) in [7, 11) is -4.39. The molecule has 0 fully saturated rings. The molecule has 2 rings (SSSR count). The Bertz CT molecular complexity index is 586. The fourth-order valence-corrected chi connectivity index (χ4v) is 3.82. The Labute approximate surface area is 114 Å². The molecule has 0 aliphatic heterocycles. The molecule has 0 saturated carbocycles. The molecule has 0 aliphatic rings. The van der Waals surface area contributed by atoms with Gasteiger partial charge < -0.3 is 14.3 Å². The van der Waals surface area contributed by atoms with Gasteiger partial charge >= 0.3 is 7.60 Å². The molecule has 2 aromatic rings. The summed E-state index contributed by atoms with van der Waals surface area (Å²) in [4.78, 5) is 24.2. The average molecular weight is 302 g/mol. The Hall–Kier alpha value is -1.01. The van der Waals surface area contributed by atoms with Gasteiger partial charge in [0.15, 0.2) is 5.16 Å². The molecule has 0 bridgehead atoms. The first kappa shape index (κ1) is 14.4. The zero-order chi connectivity index (χ0) is 14.1. The minimum atomic E-state index is -4.39. The van der Waals surface area contributed by atoms with Gasteiger partial charge in [-0.15, -0.1) is 11.3 Å². The van der Waals surface area contributed by atoms with Crippen LogP contribution in [-0.2, 0) is 9.72 Å². The van der Waals surface area contributed by atoms with Crippen molar-refractivity contribution in [1.29, 1.82) is 0 Å². The lowest BCUT2D eigenvalue weighted by atomic mass is 10.0. The minimum absolute atomic E-state index is 0.00855. The second-order valence-electron chi connectivity index (χ2n) is 4.18. The third kappa shape index (κ3) is 2.39. The van der Waals surface area contributed by atoms with Gasteiger partial charge in [0.1, 0.15) is 0 Å². The summed E-state index contributed by atoms with van der Waals surface area (Å²) in [6, 6.07) is 3.68. The Morgan fingerprint density at radius 1 is 1.42 bits per heavy atom. The highest BCUT2D eigenvalue weighted by molar-refractivity contribution is 7.53. The first-order chi connectivity index (χ1) is 8.94. The minimum Gasteiger partial charge on any atom is -0.338 e. The molecule has 2 N–H and O–H groups in total. The van der Waals surface area contributed by atoms with Crippen molar-refractivity contribution < 1.29 is 18.9 Å². The van der Waals surface area contributed by atoms with Gasteiger partial charge in [-0.1, -0.05) is 25.1 Å². The van der Waals surface area contributed by atoms with Crippen LogP contribution in [-0.4, -0.2) is 19.9 Å². The van der Waals surface area contributed by atoms with E-state index < -0.39 is 12.8 Å². The van der Waals surface area contributed by atoms with Crippen molar-refractivity contribution >= 4 is 18.9 Å². The maximum atomic E-state index is 11.8. The molecule has 0 aliphatic carbocycles. The zero-order valence-electron chi connectivity index (χ0n) is 10.6. The second kappa shape index (κ2) is 5.17. The van der Waals surface area contributed by atoms with Crippen LogP contribution in [0.4, 0.5) is 0 Å². The Balaban J connectivity index is 2.48. The van der Waals surface area contributed by atoms with Crippen molar-refractivity contribution in [3.05, 3.63) is 23.4 Å². The van der Waals surface area contributed by atoms with Gasteiger partial charge in [-0.2, -0.15) is 4.98 Å².